The van der Waals surface area contributed by atoms with Gasteiger partial charge in [0.05, 0.1) is 36.0 Å². The van der Waals surface area contributed by atoms with E-state index in [2.05, 4.69) is 16.6 Å². The number of piperidine rings is 1. The van der Waals surface area contributed by atoms with Crippen molar-refractivity contribution in [2.45, 2.75) is 102 Å². The van der Waals surface area contributed by atoms with Gasteiger partial charge in [0.15, 0.2) is 0 Å². The Balaban J connectivity index is 1.23. The summed E-state index contributed by atoms with van der Waals surface area (Å²) < 4.78 is 40.3. The van der Waals surface area contributed by atoms with Crippen LogP contribution < -0.4 is 19.5 Å². The molecule has 2 aliphatic carbocycles. The van der Waals surface area contributed by atoms with Gasteiger partial charge in [0.25, 0.3) is 5.91 Å². The number of hydrogen-bond donors (Lipinski definition) is 2. The molecule has 0 bridgehead atoms. The van der Waals surface area contributed by atoms with E-state index in [-0.39, 0.29) is 37.6 Å². The number of aryl methyl sites for hydroxylation is 1. The van der Waals surface area contributed by atoms with E-state index in [1.54, 1.807) is 7.11 Å². The van der Waals surface area contributed by atoms with Crippen molar-refractivity contribution in [3.8, 4) is 22.8 Å². The molecule has 1 aromatic heterocycles. The Kier molecular flexibility index (Phi) is 11.4. The smallest absolute Gasteiger partial charge is 0.259 e. The van der Waals surface area contributed by atoms with Gasteiger partial charge < -0.3 is 24.6 Å². The zero-order valence-corrected chi connectivity index (χ0v) is 34.9. The predicted octanol–water partition coefficient (Wildman–Crippen LogP) is 5.30. The molecule has 2 saturated heterocycles. The molecule has 3 heterocycles. The number of sulfonamides is 1. The van der Waals surface area contributed by atoms with Crippen molar-refractivity contribution in [1.29, 1.82) is 0 Å². The normalized spacial score (nSPS) is 23.8. The molecule has 2 aliphatic heterocycles. The Morgan fingerprint density at radius 2 is 1.74 bits per heavy atom. The number of benzene rings is 2. The fourth-order valence-electron chi connectivity index (χ4n) is 8.44. The van der Waals surface area contributed by atoms with Gasteiger partial charge >= 0.3 is 0 Å². The number of fused-ring (bicyclic) bond motifs is 1. The van der Waals surface area contributed by atoms with Crippen LogP contribution >= 0.6 is 0 Å². The summed E-state index contributed by atoms with van der Waals surface area (Å²) in [6.45, 7) is 12.8. The van der Waals surface area contributed by atoms with E-state index in [0.29, 0.717) is 48.6 Å². The summed E-state index contributed by atoms with van der Waals surface area (Å²) in [6, 6.07) is 14.2. The van der Waals surface area contributed by atoms with E-state index in [1.165, 1.54) is 11.0 Å². The van der Waals surface area contributed by atoms with Crippen LogP contribution in [0.4, 0.5) is 0 Å². The van der Waals surface area contributed by atoms with E-state index in [1.807, 2.05) is 81.1 Å². The number of rotatable bonds is 13. The van der Waals surface area contributed by atoms with Crippen LogP contribution in [0.3, 0.4) is 0 Å². The number of likely N-dealkylation sites (tertiary alicyclic amines) is 2. The highest BCUT2D eigenvalue weighted by atomic mass is 32.2. The summed E-state index contributed by atoms with van der Waals surface area (Å²) in [5, 5.41) is 2.97. The second-order valence-electron chi connectivity index (χ2n) is 17.4. The molecular formula is C44H55N5O8S. The molecule has 310 valence electrons. The van der Waals surface area contributed by atoms with Gasteiger partial charge in [-0.05, 0) is 63.0 Å². The van der Waals surface area contributed by atoms with Crippen molar-refractivity contribution < 1.29 is 37.1 Å². The van der Waals surface area contributed by atoms with Gasteiger partial charge in [-0.2, -0.15) is 0 Å². The molecule has 0 spiro atoms. The molecule has 2 saturated carbocycles. The summed E-state index contributed by atoms with van der Waals surface area (Å²) in [7, 11) is -2.30. The van der Waals surface area contributed by atoms with Crippen molar-refractivity contribution in [3.63, 3.8) is 0 Å². The minimum absolute atomic E-state index is 0.0147. The molecule has 7 rings (SSSR count). The summed E-state index contributed by atoms with van der Waals surface area (Å²) >= 11 is 0. The summed E-state index contributed by atoms with van der Waals surface area (Å²) in [6.07, 6.45) is 4.90. The highest BCUT2D eigenvalue weighted by Crippen LogP contribution is 2.46. The molecule has 4 aliphatic rings. The molecule has 0 radical (unpaired) electrons. The van der Waals surface area contributed by atoms with Gasteiger partial charge in [-0.15, -0.1) is 6.58 Å². The number of nitrogens with zero attached hydrogens (tertiary/aromatic N) is 3. The number of amides is 4. The number of pyridine rings is 1. The van der Waals surface area contributed by atoms with E-state index in [0.717, 1.165) is 35.8 Å². The first-order valence-electron chi connectivity index (χ1n) is 20.4. The number of aromatic nitrogens is 1. The highest BCUT2D eigenvalue weighted by Gasteiger charge is 2.62. The topological polar surface area (TPSA) is 164 Å². The van der Waals surface area contributed by atoms with Gasteiger partial charge in [-0.1, -0.05) is 57.2 Å². The first-order chi connectivity index (χ1) is 27.6. The van der Waals surface area contributed by atoms with Crippen molar-refractivity contribution >= 4 is 44.6 Å². The van der Waals surface area contributed by atoms with E-state index >= 15 is 0 Å². The lowest BCUT2D eigenvalue weighted by atomic mass is 9.77. The average Bonchev–Trinajstić information content (AvgIpc) is 4.14. The van der Waals surface area contributed by atoms with Crippen molar-refractivity contribution in [3.05, 3.63) is 66.7 Å². The van der Waals surface area contributed by atoms with Crippen molar-refractivity contribution in [1.82, 2.24) is 24.8 Å². The van der Waals surface area contributed by atoms with Crippen LogP contribution in [0.5, 0.6) is 11.5 Å². The Hall–Kier alpha value is -4.98. The second kappa shape index (κ2) is 16.0. The van der Waals surface area contributed by atoms with E-state index in [4.69, 9.17) is 14.5 Å². The molecule has 2 aromatic carbocycles. The Labute approximate surface area is 341 Å². The van der Waals surface area contributed by atoms with Crippen molar-refractivity contribution in [2.75, 3.05) is 26.7 Å². The molecule has 58 heavy (non-hydrogen) atoms. The number of ether oxygens (including phenoxy) is 2. The number of carbonyl (C=O) groups is 4. The molecule has 3 aromatic rings. The van der Waals surface area contributed by atoms with Gasteiger partial charge in [0.2, 0.25) is 27.7 Å². The Morgan fingerprint density at radius 1 is 1.03 bits per heavy atom. The fourth-order valence-corrected chi connectivity index (χ4v) is 9.80. The van der Waals surface area contributed by atoms with Crippen LogP contribution in [0.25, 0.3) is 22.2 Å². The number of carbonyl (C=O) groups excluding carboxylic acids is 4. The molecule has 2 unspecified atom stereocenters. The maximum atomic E-state index is 14.9. The Bertz CT molecular complexity index is 2210. The summed E-state index contributed by atoms with van der Waals surface area (Å²) in [5.41, 5.74) is 0.859. The number of methoxy groups -OCH3 is 1. The first kappa shape index (κ1) is 41.2. The monoisotopic (exact) mass is 813 g/mol. The van der Waals surface area contributed by atoms with Gasteiger partial charge in [-0.3, -0.25) is 23.9 Å². The Morgan fingerprint density at radius 3 is 2.36 bits per heavy atom. The minimum atomic E-state index is -3.90. The molecule has 4 fully saturated rings. The third-order valence-corrected chi connectivity index (χ3v) is 14.1. The lowest BCUT2D eigenvalue weighted by molar-refractivity contribution is -0.148. The fraction of sp³-hybridized carbons (Fsp3) is 0.523. The van der Waals surface area contributed by atoms with Crippen LogP contribution in [-0.2, 0) is 29.2 Å². The molecule has 14 heteroatoms. The third-order valence-electron chi connectivity index (χ3n) is 12.3. The molecule has 13 nitrogen and oxygen atoms in total. The largest absolute Gasteiger partial charge is 0.496 e. The van der Waals surface area contributed by atoms with E-state index < -0.39 is 62.0 Å². The standard InChI is InChI=1S/C44H55N5O8S/c1-7-29-25-44(29,42(53)47-58(54,55)31-16-17-31)46-40(51)35-22-30(26-49(35)41(52)33(43(3,4)5)23-38(50)48-20-12-9-13-21-48)57-37-24-34(28-14-10-8-11-15-28)45-39-27(2)36(56-6)19-18-32(37)39/h7-8,10-11,14-15,18-19,24,29-31,33,35H,1,9,12-13,16-17,20-23,25-26H2,2-6H3,(H,46,51)(H,47,53)/t29-,30-,33?,35+,44?/m1/s1. The van der Waals surface area contributed by atoms with Crippen molar-refractivity contribution in [2.24, 2.45) is 17.3 Å². The average molecular weight is 814 g/mol. The lowest BCUT2D eigenvalue weighted by Gasteiger charge is -2.36. The third kappa shape index (κ3) is 8.30. The van der Waals surface area contributed by atoms with E-state index in [9.17, 15) is 27.6 Å². The van der Waals surface area contributed by atoms with Crippen LogP contribution in [0.15, 0.2) is 61.2 Å². The maximum Gasteiger partial charge on any atom is 0.259 e. The van der Waals surface area contributed by atoms with Crippen LogP contribution in [0.1, 0.15) is 77.7 Å². The summed E-state index contributed by atoms with van der Waals surface area (Å²) in [5.74, 6) is -1.98. The SMILES string of the molecule is C=C[C@@H]1CC1(NC(=O)[C@@H]1C[C@@H](Oc2cc(-c3ccccc3)nc3c(C)c(OC)ccc23)CN1C(=O)C(CC(=O)N1CCCCC1)C(C)(C)C)C(=O)NS(=O)(=O)C1CC1. The first-order valence-corrected chi connectivity index (χ1v) is 21.9. The zero-order valence-electron chi connectivity index (χ0n) is 34.1. The quantitative estimate of drug-likeness (QED) is 0.218. The predicted molar refractivity (Wildman–Crippen MR) is 220 cm³/mol. The van der Waals surface area contributed by atoms with Crippen LogP contribution in [-0.4, -0.2) is 96.5 Å². The molecule has 2 N–H and O–H groups in total. The molecular weight excluding hydrogens is 759 g/mol. The van der Waals surface area contributed by atoms with Gasteiger partial charge in [0.1, 0.15) is 29.2 Å². The van der Waals surface area contributed by atoms with Crippen LogP contribution in [0.2, 0.25) is 0 Å². The maximum absolute atomic E-state index is 14.9. The highest BCUT2D eigenvalue weighted by molar-refractivity contribution is 7.91. The lowest BCUT2D eigenvalue weighted by Crippen LogP contribution is -2.57. The molecule has 5 atom stereocenters. The second-order valence-corrected chi connectivity index (χ2v) is 19.4. The molecule has 4 amide bonds. The minimum Gasteiger partial charge on any atom is -0.496 e. The zero-order chi connectivity index (χ0) is 41.6. The van der Waals surface area contributed by atoms with Gasteiger partial charge in [0, 0.05) is 54.4 Å². The summed E-state index contributed by atoms with van der Waals surface area (Å²) in [4.78, 5) is 65.1. The van der Waals surface area contributed by atoms with Crippen LogP contribution in [0, 0.1) is 24.2 Å². The number of nitrogens with one attached hydrogen (secondary N) is 2. The van der Waals surface area contributed by atoms with Gasteiger partial charge in [-0.25, -0.2) is 13.4 Å². The number of hydrogen-bond acceptors (Lipinski definition) is 9.